The molecule has 2 aliphatic rings. The van der Waals surface area contributed by atoms with Gasteiger partial charge in [-0.05, 0) is 32.2 Å². The standard InChI is InChI=1S/C16H21N5O/c1-2-15(21(6-1)13-3-8-22-9-4-13)14-10-18-11-16(19-14)20-7-5-17-12-20/h5,7,10-13,15H,1-4,6,8-9H2/t15-/m0/s1. The fourth-order valence-corrected chi connectivity index (χ4v) is 3.61. The molecule has 0 N–H and O–H groups in total. The zero-order valence-electron chi connectivity index (χ0n) is 12.6. The number of nitrogens with zero attached hydrogens (tertiary/aromatic N) is 5. The zero-order valence-corrected chi connectivity index (χ0v) is 12.6. The van der Waals surface area contributed by atoms with Gasteiger partial charge in [0.05, 0.1) is 24.1 Å². The highest BCUT2D eigenvalue weighted by Gasteiger charge is 2.33. The van der Waals surface area contributed by atoms with Crippen molar-refractivity contribution in [3.63, 3.8) is 0 Å². The summed E-state index contributed by atoms with van der Waals surface area (Å²) in [6, 6.07) is 1.01. The molecule has 1 atom stereocenters. The maximum atomic E-state index is 5.50. The minimum atomic E-state index is 0.388. The van der Waals surface area contributed by atoms with Crippen LogP contribution in [-0.2, 0) is 4.74 Å². The van der Waals surface area contributed by atoms with E-state index in [1.54, 1.807) is 18.7 Å². The molecular weight excluding hydrogens is 278 g/mol. The highest BCUT2D eigenvalue weighted by atomic mass is 16.5. The van der Waals surface area contributed by atoms with Crippen molar-refractivity contribution in [2.24, 2.45) is 0 Å². The van der Waals surface area contributed by atoms with Gasteiger partial charge < -0.3 is 4.74 Å². The van der Waals surface area contributed by atoms with Crippen LogP contribution in [0.25, 0.3) is 5.82 Å². The fraction of sp³-hybridized carbons (Fsp3) is 0.562. The molecule has 2 fully saturated rings. The summed E-state index contributed by atoms with van der Waals surface area (Å²) in [4.78, 5) is 15.9. The van der Waals surface area contributed by atoms with E-state index in [2.05, 4.69) is 14.9 Å². The van der Waals surface area contributed by atoms with E-state index in [-0.39, 0.29) is 0 Å². The van der Waals surface area contributed by atoms with Crippen LogP contribution in [-0.4, -0.2) is 50.2 Å². The Bertz CT molecular complexity index is 609. The van der Waals surface area contributed by atoms with Crippen LogP contribution in [0.5, 0.6) is 0 Å². The van der Waals surface area contributed by atoms with Crippen LogP contribution in [0.3, 0.4) is 0 Å². The van der Waals surface area contributed by atoms with Crippen molar-refractivity contribution in [3.05, 3.63) is 36.8 Å². The molecule has 0 aliphatic carbocycles. The van der Waals surface area contributed by atoms with Crippen LogP contribution >= 0.6 is 0 Å². The van der Waals surface area contributed by atoms with Crippen LogP contribution in [0.2, 0.25) is 0 Å². The third-order valence-corrected chi connectivity index (χ3v) is 4.70. The van der Waals surface area contributed by atoms with Crippen LogP contribution in [0.1, 0.15) is 37.4 Å². The van der Waals surface area contributed by atoms with Crippen molar-refractivity contribution in [2.75, 3.05) is 19.8 Å². The van der Waals surface area contributed by atoms with Crippen LogP contribution in [0.4, 0.5) is 0 Å². The summed E-state index contributed by atoms with van der Waals surface area (Å²) in [5.41, 5.74) is 1.08. The normalized spacial score (nSPS) is 23.9. The average Bonchev–Trinajstić information content (AvgIpc) is 3.27. The first-order valence-corrected chi connectivity index (χ1v) is 8.05. The predicted molar refractivity (Wildman–Crippen MR) is 81.7 cm³/mol. The largest absolute Gasteiger partial charge is 0.381 e. The van der Waals surface area contributed by atoms with E-state index in [4.69, 9.17) is 9.72 Å². The molecule has 6 nitrogen and oxygen atoms in total. The maximum absolute atomic E-state index is 5.50. The van der Waals surface area contributed by atoms with Crippen LogP contribution in [0.15, 0.2) is 31.1 Å². The molecule has 0 amide bonds. The third-order valence-electron chi connectivity index (χ3n) is 4.70. The maximum Gasteiger partial charge on any atom is 0.156 e. The minimum absolute atomic E-state index is 0.388. The van der Waals surface area contributed by atoms with Crippen molar-refractivity contribution < 1.29 is 4.74 Å². The topological polar surface area (TPSA) is 56.1 Å². The third kappa shape index (κ3) is 2.64. The Morgan fingerprint density at radius 1 is 1.09 bits per heavy atom. The number of ether oxygens (including phenoxy) is 1. The van der Waals surface area contributed by atoms with E-state index in [1.165, 1.54) is 12.8 Å². The highest BCUT2D eigenvalue weighted by Crippen LogP contribution is 2.35. The van der Waals surface area contributed by atoms with Gasteiger partial charge >= 0.3 is 0 Å². The van der Waals surface area contributed by atoms with Crippen molar-refractivity contribution in [1.82, 2.24) is 24.4 Å². The summed E-state index contributed by atoms with van der Waals surface area (Å²) in [5, 5.41) is 0. The van der Waals surface area contributed by atoms with Crippen LogP contribution in [0, 0.1) is 0 Å². The molecule has 22 heavy (non-hydrogen) atoms. The summed E-state index contributed by atoms with van der Waals surface area (Å²) < 4.78 is 7.41. The molecule has 2 saturated heterocycles. The summed E-state index contributed by atoms with van der Waals surface area (Å²) in [6.07, 6.45) is 13.8. The second-order valence-electron chi connectivity index (χ2n) is 6.01. The molecule has 2 aromatic rings. The molecule has 6 heteroatoms. The molecule has 0 radical (unpaired) electrons. The SMILES string of the molecule is c1cn(-c2cncc([C@@H]3CCCN3C3CCOCC3)n2)cn1. The molecule has 2 aromatic heterocycles. The minimum Gasteiger partial charge on any atom is -0.381 e. The van der Waals surface area contributed by atoms with Gasteiger partial charge in [-0.15, -0.1) is 0 Å². The Balaban J connectivity index is 1.59. The lowest BCUT2D eigenvalue weighted by molar-refractivity contribution is 0.0284. The lowest BCUT2D eigenvalue weighted by Crippen LogP contribution is -2.39. The molecule has 0 spiro atoms. The highest BCUT2D eigenvalue weighted by molar-refractivity contribution is 5.21. The van der Waals surface area contributed by atoms with Gasteiger partial charge in [-0.2, -0.15) is 0 Å². The quantitative estimate of drug-likeness (QED) is 0.867. The Hall–Kier alpha value is -1.79. The van der Waals surface area contributed by atoms with E-state index in [9.17, 15) is 0 Å². The number of hydrogen-bond donors (Lipinski definition) is 0. The van der Waals surface area contributed by atoms with Crippen LogP contribution < -0.4 is 0 Å². The molecule has 0 bridgehead atoms. The number of aromatic nitrogens is 4. The summed E-state index contributed by atoms with van der Waals surface area (Å²) in [7, 11) is 0. The van der Waals surface area contributed by atoms with E-state index < -0.39 is 0 Å². The van der Waals surface area contributed by atoms with E-state index in [0.29, 0.717) is 12.1 Å². The molecule has 2 aliphatic heterocycles. The number of imidazole rings is 1. The van der Waals surface area contributed by atoms with Gasteiger partial charge in [0.25, 0.3) is 0 Å². The molecule has 0 unspecified atom stereocenters. The van der Waals surface area contributed by atoms with Crippen molar-refractivity contribution in [1.29, 1.82) is 0 Å². The summed E-state index contributed by atoms with van der Waals surface area (Å²) in [5.74, 6) is 0.842. The van der Waals surface area contributed by atoms with Crippen molar-refractivity contribution >= 4 is 0 Å². The number of likely N-dealkylation sites (tertiary alicyclic amines) is 1. The molecule has 0 saturated carbocycles. The lowest BCUT2D eigenvalue weighted by Gasteiger charge is -2.35. The van der Waals surface area contributed by atoms with Gasteiger partial charge in [-0.25, -0.2) is 9.97 Å². The predicted octanol–water partition coefficient (Wildman–Crippen LogP) is 1.98. The second kappa shape index (κ2) is 6.14. The van der Waals surface area contributed by atoms with E-state index in [0.717, 1.165) is 44.1 Å². The average molecular weight is 299 g/mol. The van der Waals surface area contributed by atoms with Gasteiger partial charge in [0.1, 0.15) is 6.33 Å². The van der Waals surface area contributed by atoms with Gasteiger partial charge in [0, 0.05) is 31.6 Å². The first-order valence-electron chi connectivity index (χ1n) is 8.05. The lowest BCUT2D eigenvalue weighted by atomic mass is 10.0. The molecule has 4 heterocycles. The smallest absolute Gasteiger partial charge is 0.156 e. The Kier molecular flexibility index (Phi) is 3.86. The first kappa shape index (κ1) is 13.8. The summed E-state index contributed by atoms with van der Waals surface area (Å²) >= 11 is 0. The Morgan fingerprint density at radius 2 is 2.00 bits per heavy atom. The van der Waals surface area contributed by atoms with Gasteiger partial charge in [-0.1, -0.05) is 0 Å². The van der Waals surface area contributed by atoms with Gasteiger partial charge in [-0.3, -0.25) is 14.5 Å². The number of hydrogen-bond acceptors (Lipinski definition) is 5. The molecule has 0 aromatic carbocycles. The molecule has 116 valence electrons. The van der Waals surface area contributed by atoms with Crippen molar-refractivity contribution in [2.45, 2.75) is 37.8 Å². The zero-order chi connectivity index (χ0) is 14.8. The monoisotopic (exact) mass is 299 g/mol. The molecular formula is C16H21N5O. The van der Waals surface area contributed by atoms with Gasteiger partial charge in [0.2, 0.25) is 0 Å². The number of rotatable bonds is 3. The first-order chi connectivity index (χ1) is 10.9. The summed E-state index contributed by atoms with van der Waals surface area (Å²) in [6.45, 7) is 2.93. The van der Waals surface area contributed by atoms with Crippen molar-refractivity contribution in [3.8, 4) is 5.82 Å². The van der Waals surface area contributed by atoms with Gasteiger partial charge in [0.15, 0.2) is 5.82 Å². The Labute approximate surface area is 130 Å². The Morgan fingerprint density at radius 3 is 2.82 bits per heavy atom. The van der Waals surface area contributed by atoms with E-state index in [1.807, 2.05) is 17.0 Å². The second-order valence-corrected chi connectivity index (χ2v) is 6.01. The fourth-order valence-electron chi connectivity index (χ4n) is 3.61. The molecule has 4 rings (SSSR count). The van der Waals surface area contributed by atoms with E-state index >= 15 is 0 Å².